The number of benzene rings is 8. The van der Waals surface area contributed by atoms with Crippen molar-refractivity contribution in [3.63, 3.8) is 0 Å². The van der Waals surface area contributed by atoms with E-state index in [0.717, 1.165) is 0 Å². The topological polar surface area (TPSA) is 450 Å². The highest BCUT2D eigenvalue weighted by Crippen LogP contribution is 2.43. The van der Waals surface area contributed by atoms with Crippen molar-refractivity contribution < 1.29 is 85.9 Å². The van der Waals surface area contributed by atoms with E-state index in [0.29, 0.717) is 61.2 Å². The molecule has 8 aromatic carbocycles. The van der Waals surface area contributed by atoms with Crippen LogP contribution in [-0.4, -0.2) is 152 Å². The number of fused-ring (bicyclic) bond motifs is 8. The molecule has 0 atom stereocenters. The molecule has 0 saturated heterocycles. The summed E-state index contributed by atoms with van der Waals surface area (Å²) in [7, 11) is 1.24. The number of nitrogens with one attached hydrogen (secondary N) is 7. The number of amides is 7. The smallest absolute Gasteiger partial charge is 0.356 e. The van der Waals surface area contributed by atoms with E-state index < -0.39 is 52.2 Å². The van der Waals surface area contributed by atoms with E-state index in [1.807, 2.05) is 111 Å². The third kappa shape index (κ3) is 23.8. The van der Waals surface area contributed by atoms with Gasteiger partial charge in [0.25, 0.3) is 47.0 Å². The number of nitro benzene ring substituents is 1. The Hall–Kier alpha value is -17.4. The van der Waals surface area contributed by atoms with Crippen molar-refractivity contribution in [2.75, 3.05) is 97.2 Å². The summed E-state index contributed by atoms with van der Waals surface area (Å²) in [5.41, 5.74) is 0.842. The van der Waals surface area contributed by atoms with Crippen LogP contribution < -0.4 is 75.1 Å². The third-order valence-electron chi connectivity index (χ3n) is 22.9. The van der Waals surface area contributed by atoms with Crippen LogP contribution in [0.5, 0.6) is 46.0 Å². The van der Waals surface area contributed by atoms with Gasteiger partial charge < -0.3 is 79.8 Å². The van der Waals surface area contributed by atoms with E-state index >= 15 is 24.0 Å². The Balaban J connectivity index is 0.695. The van der Waals surface area contributed by atoms with Crippen LogP contribution in [0.25, 0.3) is 87.2 Å². The predicted octanol–water partition coefficient (Wildman–Crippen LogP) is 22.8. The number of ether oxygens (including phenoxy) is 9. The Labute approximate surface area is 852 Å². The summed E-state index contributed by atoms with van der Waals surface area (Å²) in [4.78, 5) is 169. The fourth-order valence-corrected chi connectivity index (χ4v) is 15.9. The van der Waals surface area contributed by atoms with Gasteiger partial charge in [-0.05, 0) is 138 Å². The van der Waals surface area contributed by atoms with E-state index in [4.69, 9.17) is 72.5 Å². The molecule has 35 heteroatoms. The summed E-state index contributed by atoms with van der Waals surface area (Å²) in [5.74, 6) is -3.39. The molecule has 0 fully saturated rings. The number of methoxy groups -OCH3 is 1. The molecular weight excluding hydrogens is 1890 g/mol. The van der Waals surface area contributed by atoms with Crippen molar-refractivity contribution in [1.82, 2.24) is 39.9 Å². The number of hydrogen-bond donors (Lipinski definition) is 7. The molecule has 7 N–H and O–H groups in total. The second-order valence-corrected chi connectivity index (χ2v) is 39.2. The lowest BCUT2D eigenvalue weighted by molar-refractivity contribution is -0.383. The molecule has 8 heterocycles. The number of esters is 1. The molecule has 7 amide bonds. The summed E-state index contributed by atoms with van der Waals surface area (Å²) < 4.78 is 56.1. The fraction of sp³-hybridized carbons (Fsp3) is 0.292. The number of anilines is 7. The summed E-state index contributed by atoms with van der Waals surface area (Å²) >= 11 is 0. The summed E-state index contributed by atoms with van der Waals surface area (Å²) in [6.45, 7) is 33.3. The highest BCUT2D eigenvalue weighted by Gasteiger charge is 2.31. The first-order valence-electron chi connectivity index (χ1n) is 48.9. The molecule has 0 radical (unpaired) electrons. The van der Waals surface area contributed by atoms with Crippen LogP contribution >= 0.6 is 0 Å². The molecule has 148 heavy (non-hydrogen) atoms. The Bertz CT molecular complexity index is 7800. The van der Waals surface area contributed by atoms with Gasteiger partial charge in [0.1, 0.15) is 85.9 Å². The quantitative estimate of drug-likeness (QED) is 0.0107. The second kappa shape index (κ2) is 45.3. The number of carbonyl (C=O) groups excluding carboxylic acids is 8. The first kappa shape index (κ1) is 103. The van der Waals surface area contributed by atoms with Crippen molar-refractivity contribution >= 4 is 180 Å². The van der Waals surface area contributed by atoms with E-state index in [1.54, 1.807) is 133 Å². The number of hydrogen-bond acceptors (Lipinski definition) is 27. The van der Waals surface area contributed by atoms with E-state index in [-0.39, 0.29) is 263 Å². The molecule has 760 valence electrons. The van der Waals surface area contributed by atoms with Crippen LogP contribution in [0.3, 0.4) is 0 Å². The molecule has 0 unspecified atom stereocenters. The minimum Gasteiger partial charge on any atom is -0.493 e. The van der Waals surface area contributed by atoms with Crippen molar-refractivity contribution in [2.45, 2.75) is 111 Å². The van der Waals surface area contributed by atoms with Crippen LogP contribution in [0.2, 0.25) is 0 Å². The lowest BCUT2D eigenvalue weighted by atomic mass is 10.1. The van der Waals surface area contributed by atoms with Gasteiger partial charge in [0.15, 0.2) is 11.2 Å². The normalized spacial score (nSPS) is 11.6. The highest BCUT2D eigenvalue weighted by molar-refractivity contribution is 6.19. The average Bonchev–Trinajstić information content (AvgIpc) is 0.769. The summed E-state index contributed by atoms with van der Waals surface area (Å²) in [6.07, 6.45) is 0. The number of para-hydroxylation sites is 8. The minimum atomic E-state index is -0.758. The highest BCUT2D eigenvalue weighted by atomic mass is 16.6. The lowest BCUT2D eigenvalue weighted by Crippen LogP contribution is -2.19. The zero-order valence-corrected chi connectivity index (χ0v) is 85.0. The number of non-ortho nitro benzene ring substituents is 1. The molecule has 0 aliphatic rings. The van der Waals surface area contributed by atoms with E-state index in [2.05, 4.69) is 47.2 Å². The van der Waals surface area contributed by atoms with Gasteiger partial charge >= 0.3 is 5.97 Å². The van der Waals surface area contributed by atoms with E-state index in [9.17, 15) is 24.5 Å². The van der Waals surface area contributed by atoms with Gasteiger partial charge in [0.05, 0.1) is 143 Å². The van der Waals surface area contributed by atoms with Crippen molar-refractivity contribution in [3.05, 3.63) is 250 Å². The Morgan fingerprint density at radius 3 is 0.547 bits per heavy atom. The van der Waals surface area contributed by atoms with Gasteiger partial charge in [0, 0.05) is 97.7 Å². The van der Waals surface area contributed by atoms with Gasteiger partial charge in [-0.2, -0.15) is 0 Å². The average molecular weight is 2000 g/mol. The van der Waals surface area contributed by atoms with Crippen LogP contribution in [-0.2, 0) is 4.74 Å². The number of aromatic nitrogens is 8. The van der Waals surface area contributed by atoms with Crippen LogP contribution in [0.4, 0.5) is 45.5 Å². The molecule has 0 aliphatic heterocycles. The zero-order valence-electron chi connectivity index (χ0n) is 85.0. The second-order valence-electron chi connectivity index (χ2n) is 39.2. The van der Waals surface area contributed by atoms with Crippen molar-refractivity contribution in [1.29, 1.82) is 0 Å². The van der Waals surface area contributed by atoms with Gasteiger partial charge in [-0.25, -0.2) is 44.7 Å². The first-order valence-corrected chi connectivity index (χ1v) is 48.9. The van der Waals surface area contributed by atoms with Gasteiger partial charge in [-0.3, -0.25) is 43.7 Å². The Morgan fingerprint density at radius 2 is 0.385 bits per heavy atom. The third-order valence-corrected chi connectivity index (χ3v) is 22.9. The van der Waals surface area contributed by atoms with Crippen LogP contribution in [0.1, 0.15) is 195 Å². The van der Waals surface area contributed by atoms with Gasteiger partial charge in [-0.1, -0.05) is 159 Å². The zero-order chi connectivity index (χ0) is 105. The number of rotatable bonds is 40. The summed E-state index contributed by atoms with van der Waals surface area (Å²) in [5, 5.41) is 36.7. The lowest BCUT2D eigenvalue weighted by Gasteiger charge is -2.18. The maximum absolute atomic E-state index is 15.4. The number of pyridine rings is 8. The maximum Gasteiger partial charge on any atom is 0.356 e. The maximum atomic E-state index is 15.4. The molecule has 8 aromatic heterocycles. The molecule has 0 bridgehead atoms. The van der Waals surface area contributed by atoms with Gasteiger partial charge in [-0.15, -0.1) is 0 Å². The van der Waals surface area contributed by atoms with E-state index in [1.165, 1.54) is 67.8 Å². The van der Waals surface area contributed by atoms with Crippen LogP contribution in [0.15, 0.2) is 194 Å². The molecule has 0 spiro atoms. The Morgan fingerprint density at radius 1 is 0.236 bits per heavy atom. The number of nitro groups is 1. The molecule has 16 rings (SSSR count). The number of carbonyl (C=O) groups is 8. The Kier molecular flexibility index (Phi) is 31.6. The SMILES string of the molecule is COC(=O)c1cc(OCC(C)C)c2cccc(NC(=O)c3cc(OCC(C)C)c4cccc(NC(=O)c5cc(OCC(C)C)c6cccc(NC(=O)c7cc(OCC(C)C)c8cccc(NC(=O)c9cc(OCC(C)C)c%10cccc(NC(=O)c%11cc(OCC(C)C)c%12cccc(NC(=O)c%13cc(OCC(C)C)c%14cccc(NC(=O)c%15cc(OCC(C)C)c%16cccc([N+](=O)[O-])c%16n%15)c%14n%13)c%12n%11)c%10n9)c8n7)c6n5)c4n3)c2n1. The van der Waals surface area contributed by atoms with Crippen molar-refractivity contribution in [2.24, 2.45) is 47.3 Å². The molecular formula is C113H114N16O19. The fourth-order valence-electron chi connectivity index (χ4n) is 15.9. The molecule has 35 nitrogen and oxygen atoms in total. The monoisotopic (exact) mass is 2000 g/mol. The van der Waals surface area contributed by atoms with Crippen LogP contribution in [0, 0.1) is 57.5 Å². The van der Waals surface area contributed by atoms with Crippen molar-refractivity contribution in [3.8, 4) is 46.0 Å². The summed E-state index contributed by atoms with van der Waals surface area (Å²) in [6, 6.07) is 51.8. The standard InChI is InChI=1S/C113H114N16O19/c1-58(2)50-141-90-42-81(114-99-67(90)27-19-35-75(99)123-108(132)83-44-92(143-52-60(5)6)69-29-21-37-77(101(69)116-83)125-110(134)85-46-94(145-54-62(9)10)71-31-23-39-79(103(71)118-85)127-112(136)87-48-96(147-56-64(13)14)73-33-25-41-89(129(138)139)105(73)120-87)106(130)122-74-34-18-26-66-91(142-51-59(3)4)43-82(115-98(66)74)107(131)124-76-36-20-28-68-93(144-53-61(7)8)45-84(117-100(68)76)109(133)126-78-38-22-30-70-95(146-55-63(11)12)47-86(119-102(70)78)111(135)128-80-40-24-32-72-97(148-57-65(15)16)49-88(113(137)140-17)121-104(72)80/h18-49,58-65H,50-57H2,1-17H3,(H,122,130)(H,123,132)(H,124,131)(H,125,134)(H,126,133)(H,127,136)(H,128,135). The first-order chi connectivity index (χ1) is 71.0. The number of nitrogens with zero attached hydrogens (tertiary/aromatic N) is 9. The predicted molar refractivity (Wildman–Crippen MR) is 570 cm³/mol. The molecule has 0 saturated carbocycles. The molecule has 0 aliphatic carbocycles. The minimum absolute atomic E-state index is 0.00133. The van der Waals surface area contributed by atoms with Gasteiger partial charge in [0.2, 0.25) is 0 Å². The largest absolute Gasteiger partial charge is 0.493 e. The molecule has 16 aromatic rings.